The quantitative estimate of drug-likeness (QED) is 0.476. The number of rotatable bonds is 5. The summed E-state index contributed by atoms with van der Waals surface area (Å²) in [6, 6.07) is 3.79. The highest BCUT2D eigenvalue weighted by atomic mass is 16.5. The van der Waals surface area contributed by atoms with E-state index in [1.165, 1.54) is 0 Å². The van der Waals surface area contributed by atoms with E-state index in [4.69, 9.17) is 9.15 Å². The Balaban J connectivity index is 1.53. The number of Topliss-reactive ketones (excluding diaryl/α,β-unsaturated/α-hetero) is 2. The molecule has 2 fully saturated rings. The number of piperazine rings is 1. The number of methoxy groups -OCH3 is 1. The zero-order valence-corrected chi connectivity index (χ0v) is 15.1. The lowest BCUT2D eigenvalue weighted by Crippen LogP contribution is -2.54. The second-order valence-electron chi connectivity index (χ2n) is 7.41. The van der Waals surface area contributed by atoms with Crippen molar-refractivity contribution in [2.24, 2.45) is 5.92 Å². The Morgan fingerprint density at radius 1 is 1.44 bits per heavy atom. The molecule has 27 heavy (non-hydrogen) atoms. The average Bonchev–Trinajstić information content (AvgIpc) is 3.04. The maximum absolute atomic E-state index is 13.3. The fourth-order valence-corrected chi connectivity index (χ4v) is 4.95. The molecule has 0 spiro atoms. The Labute approximate surface area is 155 Å². The fraction of sp³-hybridized carbons (Fsp3) is 0.474. The molecule has 5 rings (SSSR count). The van der Waals surface area contributed by atoms with Crippen LogP contribution in [0, 0.1) is 5.92 Å². The van der Waals surface area contributed by atoms with Crippen LogP contribution in [-0.4, -0.2) is 59.6 Å². The number of carbonyl (C=O) groups is 2. The Kier molecular flexibility index (Phi) is 3.43. The number of hydrogen-bond acceptors (Lipinski definition) is 8. The molecular weight excluding hydrogens is 350 g/mol. The number of nitrogens with zero attached hydrogens (tertiary/aromatic N) is 1. The minimum atomic E-state index is -0.883. The molecule has 4 aliphatic rings. The van der Waals surface area contributed by atoms with Crippen LogP contribution in [0.3, 0.4) is 0 Å². The second-order valence-corrected chi connectivity index (χ2v) is 7.41. The van der Waals surface area contributed by atoms with Crippen molar-refractivity contribution in [3.8, 4) is 0 Å². The number of ketones is 2. The molecule has 1 aromatic rings. The highest BCUT2D eigenvalue weighted by Gasteiger charge is 2.72. The number of carbonyl (C=O) groups excluding carboxylic acids is 2. The second kappa shape index (κ2) is 5.54. The molecule has 142 valence electrons. The Hall–Kier alpha value is -2.42. The minimum Gasteiger partial charge on any atom is -0.467 e. The number of nitrogens with one attached hydrogen (secondary N) is 2. The van der Waals surface area contributed by atoms with Gasteiger partial charge in [0.15, 0.2) is 5.72 Å². The molecule has 0 amide bonds. The summed E-state index contributed by atoms with van der Waals surface area (Å²) in [4.78, 5) is 28.4. The van der Waals surface area contributed by atoms with E-state index in [1.54, 1.807) is 32.4 Å². The van der Waals surface area contributed by atoms with Crippen LogP contribution in [0.25, 0.3) is 0 Å². The first-order chi connectivity index (χ1) is 13.0. The van der Waals surface area contributed by atoms with Gasteiger partial charge >= 0.3 is 0 Å². The van der Waals surface area contributed by atoms with Crippen molar-refractivity contribution in [2.45, 2.75) is 31.3 Å². The van der Waals surface area contributed by atoms with Crippen molar-refractivity contribution in [1.82, 2.24) is 15.5 Å². The summed E-state index contributed by atoms with van der Waals surface area (Å²) < 4.78 is 11.2. The summed E-state index contributed by atoms with van der Waals surface area (Å²) in [5.41, 5.74) is 0.496. The topological polar surface area (TPSA) is 114 Å². The summed E-state index contributed by atoms with van der Waals surface area (Å²) >= 11 is 0. The van der Waals surface area contributed by atoms with Crippen LogP contribution in [0.5, 0.6) is 0 Å². The van der Waals surface area contributed by atoms with E-state index in [0.29, 0.717) is 35.7 Å². The zero-order valence-electron chi connectivity index (χ0n) is 15.1. The van der Waals surface area contributed by atoms with Crippen molar-refractivity contribution in [3.05, 3.63) is 46.7 Å². The monoisotopic (exact) mass is 371 g/mol. The largest absolute Gasteiger partial charge is 0.467 e. The van der Waals surface area contributed by atoms with Gasteiger partial charge in [-0.3, -0.25) is 9.59 Å². The van der Waals surface area contributed by atoms with Crippen LogP contribution in [0.2, 0.25) is 0 Å². The molecule has 0 aromatic carbocycles. The molecule has 0 radical (unpaired) electrons. The minimum absolute atomic E-state index is 0.00526. The molecule has 1 aromatic heterocycles. The van der Waals surface area contributed by atoms with E-state index < -0.39 is 11.6 Å². The molecule has 0 bridgehead atoms. The molecule has 8 nitrogen and oxygen atoms in total. The molecule has 4 atom stereocenters. The standard InChI is InChI=1S/C19H21N3O5/c1-9-14(20-6-10-4-3-5-27-10)17(25)13-11(8-23)19(26-2)18-12(21-18)7-22(19)15(13)16(9)24/h3-5,11-12,18,20-21,23H,6-8H2,1-2H3. The van der Waals surface area contributed by atoms with Gasteiger partial charge in [-0.05, 0) is 19.1 Å². The van der Waals surface area contributed by atoms with Gasteiger partial charge in [0.05, 0.1) is 42.8 Å². The number of ether oxygens (including phenoxy) is 1. The van der Waals surface area contributed by atoms with Gasteiger partial charge in [-0.1, -0.05) is 0 Å². The number of allylic oxidation sites excluding steroid dienone is 2. The van der Waals surface area contributed by atoms with Crippen LogP contribution in [-0.2, 0) is 20.9 Å². The summed E-state index contributed by atoms with van der Waals surface area (Å²) in [5.74, 6) is -0.354. The van der Waals surface area contributed by atoms with Crippen molar-refractivity contribution in [2.75, 3.05) is 20.3 Å². The number of aliphatic hydroxyl groups is 1. The SMILES string of the molecule is COC12C(CO)C3=C(C(=O)C(C)=C(NCc4ccco4)C3=O)N1CC1NC12. The first kappa shape index (κ1) is 16.7. The third kappa shape index (κ3) is 1.97. The maximum Gasteiger partial charge on any atom is 0.208 e. The van der Waals surface area contributed by atoms with Crippen LogP contribution >= 0.6 is 0 Å². The molecule has 4 heterocycles. The van der Waals surface area contributed by atoms with Crippen LogP contribution in [0.1, 0.15) is 12.7 Å². The Bertz CT molecular complexity index is 902. The van der Waals surface area contributed by atoms with Crippen molar-refractivity contribution in [1.29, 1.82) is 0 Å². The Morgan fingerprint density at radius 2 is 2.26 bits per heavy atom. The highest BCUT2D eigenvalue weighted by Crippen LogP contribution is 2.55. The number of aliphatic hydroxyl groups excluding tert-OH is 1. The number of hydrogen-bond donors (Lipinski definition) is 3. The predicted molar refractivity (Wildman–Crippen MR) is 93.0 cm³/mol. The fourth-order valence-electron chi connectivity index (χ4n) is 4.95. The summed E-state index contributed by atoms with van der Waals surface area (Å²) in [6.07, 6.45) is 1.56. The molecule has 3 aliphatic heterocycles. The van der Waals surface area contributed by atoms with Gasteiger partial charge in [0.25, 0.3) is 0 Å². The van der Waals surface area contributed by atoms with Gasteiger partial charge in [-0.15, -0.1) is 0 Å². The van der Waals surface area contributed by atoms with Gasteiger partial charge in [0, 0.05) is 30.8 Å². The first-order valence-electron chi connectivity index (χ1n) is 9.05. The number of furan rings is 1. The zero-order chi connectivity index (χ0) is 18.9. The molecule has 0 saturated carbocycles. The molecule has 4 unspecified atom stereocenters. The van der Waals surface area contributed by atoms with E-state index in [0.717, 1.165) is 0 Å². The van der Waals surface area contributed by atoms with Crippen molar-refractivity contribution < 1.29 is 23.8 Å². The van der Waals surface area contributed by atoms with Crippen LogP contribution in [0.15, 0.2) is 45.4 Å². The van der Waals surface area contributed by atoms with Gasteiger partial charge in [0.2, 0.25) is 11.6 Å². The molecular formula is C19H21N3O5. The van der Waals surface area contributed by atoms with E-state index >= 15 is 0 Å². The van der Waals surface area contributed by atoms with Crippen molar-refractivity contribution >= 4 is 11.6 Å². The normalized spacial score (nSPS) is 34.2. The third-order valence-electron chi connectivity index (χ3n) is 6.24. The highest BCUT2D eigenvalue weighted by molar-refractivity contribution is 6.25. The van der Waals surface area contributed by atoms with Crippen LogP contribution in [0.4, 0.5) is 0 Å². The van der Waals surface area contributed by atoms with E-state index in [1.807, 2.05) is 4.90 Å². The predicted octanol–water partition coefficient (Wildman–Crippen LogP) is -0.330. The summed E-state index contributed by atoms with van der Waals surface area (Å²) in [7, 11) is 1.57. The van der Waals surface area contributed by atoms with Crippen molar-refractivity contribution in [3.63, 3.8) is 0 Å². The van der Waals surface area contributed by atoms with Gasteiger partial charge < -0.3 is 29.8 Å². The van der Waals surface area contributed by atoms with E-state index in [9.17, 15) is 14.7 Å². The smallest absolute Gasteiger partial charge is 0.208 e. The Morgan fingerprint density at radius 3 is 2.93 bits per heavy atom. The van der Waals surface area contributed by atoms with Gasteiger partial charge in [0.1, 0.15) is 5.76 Å². The molecule has 1 aliphatic carbocycles. The number of fused-ring (bicyclic) bond motifs is 4. The lowest BCUT2D eigenvalue weighted by molar-refractivity contribution is -0.137. The molecule has 3 N–H and O–H groups in total. The lowest BCUT2D eigenvalue weighted by Gasteiger charge is -2.39. The van der Waals surface area contributed by atoms with E-state index in [-0.39, 0.29) is 36.0 Å². The molecule has 2 saturated heterocycles. The lowest BCUT2D eigenvalue weighted by atomic mass is 9.82. The van der Waals surface area contributed by atoms with Gasteiger partial charge in [-0.25, -0.2) is 0 Å². The van der Waals surface area contributed by atoms with Gasteiger partial charge in [-0.2, -0.15) is 0 Å². The van der Waals surface area contributed by atoms with E-state index in [2.05, 4.69) is 10.6 Å². The summed E-state index contributed by atoms with van der Waals surface area (Å²) in [5, 5.41) is 16.5. The maximum atomic E-state index is 13.3. The molecule has 8 heteroatoms. The first-order valence-corrected chi connectivity index (χ1v) is 9.05. The third-order valence-corrected chi connectivity index (χ3v) is 6.24. The average molecular weight is 371 g/mol. The summed E-state index contributed by atoms with van der Waals surface area (Å²) in [6.45, 7) is 2.29. The van der Waals surface area contributed by atoms with Crippen LogP contribution < -0.4 is 10.6 Å².